The second-order valence-corrected chi connectivity index (χ2v) is 5.48. The van der Waals surface area contributed by atoms with Gasteiger partial charge in [0.2, 0.25) is 0 Å². The summed E-state index contributed by atoms with van der Waals surface area (Å²) in [5.41, 5.74) is 1.92. The van der Waals surface area contributed by atoms with Gasteiger partial charge in [-0.2, -0.15) is 0 Å². The maximum atomic E-state index is 10.2. The van der Waals surface area contributed by atoms with Crippen LogP contribution in [-0.2, 0) is 6.54 Å². The number of H-pyrrole nitrogens is 1. The van der Waals surface area contributed by atoms with Gasteiger partial charge in [0.1, 0.15) is 0 Å². The van der Waals surface area contributed by atoms with Crippen molar-refractivity contribution in [2.24, 2.45) is 4.99 Å². The lowest BCUT2D eigenvalue weighted by molar-refractivity contribution is 0.179. The number of hydrogen-bond donors (Lipinski definition) is 3. The molecule has 3 N–H and O–H groups in total. The van der Waals surface area contributed by atoms with Crippen molar-refractivity contribution in [3.8, 4) is 0 Å². The SMILES string of the molecule is CN=C(NCC(O)c1ccc(Cl)cc1)N(C)Cc1ccc[nH]1.I. The number of benzene rings is 1. The quantitative estimate of drug-likeness (QED) is 0.374. The number of nitrogens with zero attached hydrogens (tertiary/aromatic N) is 2. The van der Waals surface area contributed by atoms with Crippen LogP contribution >= 0.6 is 35.6 Å². The lowest BCUT2D eigenvalue weighted by atomic mass is 10.1. The summed E-state index contributed by atoms with van der Waals surface area (Å²) in [6, 6.07) is 11.2. The topological polar surface area (TPSA) is 63.7 Å². The third-order valence-corrected chi connectivity index (χ3v) is 3.60. The average Bonchev–Trinajstić information content (AvgIpc) is 3.01. The van der Waals surface area contributed by atoms with Crippen LogP contribution in [0.4, 0.5) is 0 Å². The van der Waals surface area contributed by atoms with E-state index in [0.29, 0.717) is 18.1 Å². The first kappa shape index (κ1) is 19.8. The van der Waals surface area contributed by atoms with E-state index in [2.05, 4.69) is 15.3 Å². The van der Waals surface area contributed by atoms with Crippen LogP contribution in [0.15, 0.2) is 47.6 Å². The zero-order valence-electron chi connectivity index (χ0n) is 13.2. The van der Waals surface area contributed by atoms with Crippen molar-refractivity contribution in [2.75, 3.05) is 20.6 Å². The number of aliphatic hydroxyl groups is 1. The Bertz CT molecular complexity index is 601. The fraction of sp³-hybridized carbons (Fsp3) is 0.312. The van der Waals surface area contributed by atoms with Crippen molar-refractivity contribution in [3.63, 3.8) is 0 Å². The molecule has 0 bridgehead atoms. The van der Waals surface area contributed by atoms with Crippen LogP contribution in [0.5, 0.6) is 0 Å². The van der Waals surface area contributed by atoms with Crippen molar-refractivity contribution < 1.29 is 5.11 Å². The van der Waals surface area contributed by atoms with E-state index < -0.39 is 6.10 Å². The lowest BCUT2D eigenvalue weighted by Gasteiger charge is -2.23. The van der Waals surface area contributed by atoms with Crippen LogP contribution < -0.4 is 5.32 Å². The molecule has 1 unspecified atom stereocenters. The largest absolute Gasteiger partial charge is 0.387 e. The van der Waals surface area contributed by atoms with Gasteiger partial charge in [0.15, 0.2) is 5.96 Å². The Hall–Kier alpha value is -1.25. The zero-order chi connectivity index (χ0) is 15.9. The van der Waals surface area contributed by atoms with Gasteiger partial charge in [-0.3, -0.25) is 4.99 Å². The van der Waals surface area contributed by atoms with Crippen molar-refractivity contribution in [3.05, 3.63) is 58.9 Å². The molecule has 5 nitrogen and oxygen atoms in total. The summed E-state index contributed by atoms with van der Waals surface area (Å²) < 4.78 is 0. The minimum Gasteiger partial charge on any atom is -0.387 e. The van der Waals surface area contributed by atoms with Crippen LogP contribution in [0.3, 0.4) is 0 Å². The molecule has 23 heavy (non-hydrogen) atoms. The molecule has 1 aromatic carbocycles. The highest BCUT2D eigenvalue weighted by Crippen LogP contribution is 2.15. The summed E-state index contributed by atoms with van der Waals surface area (Å²) in [7, 11) is 3.67. The van der Waals surface area contributed by atoms with Gasteiger partial charge < -0.3 is 20.3 Å². The van der Waals surface area contributed by atoms with Crippen LogP contribution in [-0.4, -0.2) is 41.6 Å². The Kier molecular flexibility index (Phi) is 8.43. The highest BCUT2D eigenvalue weighted by Gasteiger charge is 2.11. The first-order chi connectivity index (χ1) is 10.6. The Balaban J connectivity index is 0.00000264. The lowest BCUT2D eigenvalue weighted by Crippen LogP contribution is -2.40. The molecule has 0 aliphatic carbocycles. The third kappa shape index (κ3) is 6.04. The molecular formula is C16H22ClIN4O. The van der Waals surface area contributed by atoms with Gasteiger partial charge in [-0.05, 0) is 29.8 Å². The first-order valence-electron chi connectivity index (χ1n) is 7.07. The highest BCUT2D eigenvalue weighted by atomic mass is 127. The summed E-state index contributed by atoms with van der Waals surface area (Å²) in [6.07, 6.45) is 1.27. The van der Waals surface area contributed by atoms with E-state index in [9.17, 15) is 5.11 Å². The Labute approximate surface area is 158 Å². The zero-order valence-corrected chi connectivity index (χ0v) is 16.2. The molecule has 0 fully saturated rings. The third-order valence-electron chi connectivity index (χ3n) is 3.35. The molecule has 7 heteroatoms. The van der Waals surface area contributed by atoms with Crippen LogP contribution in [0, 0.1) is 0 Å². The molecule has 126 valence electrons. The smallest absolute Gasteiger partial charge is 0.193 e. The van der Waals surface area contributed by atoms with Gasteiger partial charge in [0, 0.05) is 37.6 Å². The molecule has 0 spiro atoms. The van der Waals surface area contributed by atoms with Gasteiger partial charge in [0.25, 0.3) is 0 Å². The van der Waals surface area contributed by atoms with E-state index in [4.69, 9.17) is 11.6 Å². The number of guanidine groups is 1. The molecule has 0 amide bonds. The molecule has 0 aliphatic heterocycles. The molecule has 1 atom stereocenters. The number of rotatable bonds is 5. The predicted molar refractivity (Wildman–Crippen MR) is 105 cm³/mol. The molecule has 1 heterocycles. The summed E-state index contributed by atoms with van der Waals surface area (Å²) in [5.74, 6) is 0.725. The predicted octanol–water partition coefficient (Wildman–Crippen LogP) is 3.03. The summed E-state index contributed by atoms with van der Waals surface area (Å²) in [6.45, 7) is 1.09. The Morgan fingerprint density at radius 3 is 2.61 bits per heavy atom. The molecule has 0 saturated heterocycles. The monoisotopic (exact) mass is 448 g/mol. The second-order valence-electron chi connectivity index (χ2n) is 5.05. The fourth-order valence-corrected chi connectivity index (χ4v) is 2.30. The van der Waals surface area contributed by atoms with Crippen molar-refractivity contribution >= 4 is 41.5 Å². The second kappa shape index (κ2) is 9.79. The van der Waals surface area contributed by atoms with Gasteiger partial charge in [-0.25, -0.2) is 0 Å². The van der Waals surface area contributed by atoms with E-state index in [1.54, 1.807) is 19.2 Å². The number of halogens is 2. The molecule has 0 saturated carbocycles. The van der Waals surface area contributed by atoms with Crippen LogP contribution in [0.2, 0.25) is 5.02 Å². The van der Waals surface area contributed by atoms with Crippen molar-refractivity contribution in [1.29, 1.82) is 0 Å². The van der Waals surface area contributed by atoms with Crippen LogP contribution in [0.1, 0.15) is 17.4 Å². The summed E-state index contributed by atoms with van der Waals surface area (Å²) in [5, 5.41) is 14.0. The van der Waals surface area contributed by atoms with Gasteiger partial charge in [0.05, 0.1) is 12.6 Å². The normalized spacial score (nSPS) is 12.4. The van der Waals surface area contributed by atoms with Crippen molar-refractivity contribution in [1.82, 2.24) is 15.2 Å². The molecule has 0 radical (unpaired) electrons. The minimum absolute atomic E-state index is 0. The van der Waals surface area contributed by atoms with E-state index in [0.717, 1.165) is 17.2 Å². The Morgan fingerprint density at radius 1 is 1.35 bits per heavy atom. The molecule has 1 aromatic heterocycles. The average molecular weight is 449 g/mol. The fourth-order valence-electron chi connectivity index (χ4n) is 2.17. The molecular weight excluding hydrogens is 427 g/mol. The van der Waals surface area contributed by atoms with Gasteiger partial charge in [-0.15, -0.1) is 24.0 Å². The maximum Gasteiger partial charge on any atom is 0.193 e. The Morgan fingerprint density at radius 2 is 2.04 bits per heavy atom. The van der Waals surface area contributed by atoms with E-state index in [-0.39, 0.29) is 24.0 Å². The molecule has 0 aliphatic rings. The number of aromatic nitrogens is 1. The number of nitrogens with one attached hydrogen (secondary N) is 2. The van der Waals surface area contributed by atoms with Gasteiger partial charge >= 0.3 is 0 Å². The standard InChI is InChI=1S/C16H21ClN4O.HI/c1-18-16(21(2)11-14-4-3-9-19-14)20-10-15(22)12-5-7-13(17)8-6-12;/h3-9,15,19,22H,10-11H2,1-2H3,(H,18,20);1H. The number of aliphatic hydroxyl groups excluding tert-OH is 1. The van der Waals surface area contributed by atoms with Crippen LogP contribution in [0.25, 0.3) is 0 Å². The number of aliphatic imine (C=N–C) groups is 1. The number of hydrogen-bond acceptors (Lipinski definition) is 2. The summed E-state index contributed by atoms with van der Waals surface area (Å²) >= 11 is 5.85. The first-order valence-corrected chi connectivity index (χ1v) is 7.45. The highest BCUT2D eigenvalue weighted by molar-refractivity contribution is 14.0. The minimum atomic E-state index is -0.618. The van der Waals surface area contributed by atoms with Gasteiger partial charge in [-0.1, -0.05) is 23.7 Å². The van der Waals surface area contributed by atoms with E-state index in [1.807, 2.05) is 42.4 Å². The van der Waals surface area contributed by atoms with E-state index >= 15 is 0 Å². The molecule has 2 rings (SSSR count). The van der Waals surface area contributed by atoms with Crippen molar-refractivity contribution in [2.45, 2.75) is 12.6 Å². The number of aromatic amines is 1. The maximum absolute atomic E-state index is 10.2. The van der Waals surface area contributed by atoms with E-state index in [1.165, 1.54) is 0 Å². The molecule has 2 aromatic rings. The summed E-state index contributed by atoms with van der Waals surface area (Å²) in [4.78, 5) is 9.38.